The third kappa shape index (κ3) is 3.97. The Labute approximate surface area is 148 Å². The number of nitrogens with zero attached hydrogens (tertiary/aromatic N) is 1. The Kier molecular flexibility index (Phi) is 5.30. The highest BCUT2D eigenvalue weighted by molar-refractivity contribution is 6.34. The second kappa shape index (κ2) is 7.62. The molecule has 2 heterocycles. The number of anilines is 1. The molecule has 25 heavy (non-hydrogen) atoms. The van der Waals surface area contributed by atoms with E-state index in [-0.39, 0.29) is 28.0 Å². The Balaban J connectivity index is 1.73. The number of aromatic nitrogens is 2. The summed E-state index contributed by atoms with van der Waals surface area (Å²) < 4.78 is 13.8. The number of rotatable bonds is 4. The number of piperidine rings is 1. The van der Waals surface area contributed by atoms with Crippen LogP contribution in [0.15, 0.2) is 24.4 Å². The Bertz CT molecular complexity index is 768. The van der Waals surface area contributed by atoms with Gasteiger partial charge >= 0.3 is 0 Å². The quantitative estimate of drug-likeness (QED) is 0.665. The lowest BCUT2D eigenvalue weighted by Gasteiger charge is -2.23. The van der Waals surface area contributed by atoms with Gasteiger partial charge < -0.3 is 16.0 Å². The number of hydrogen-bond donors (Lipinski definition) is 4. The lowest BCUT2D eigenvalue weighted by atomic mass is 10.1. The smallest absolute Gasteiger partial charge is 0.274 e. The monoisotopic (exact) mass is 365 g/mol. The van der Waals surface area contributed by atoms with Crippen LogP contribution in [0.25, 0.3) is 0 Å². The number of H-pyrrole nitrogens is 1. The van der Waals surface area contributed by atoms with E-state index in [1.165, 1.54) is 18.3 Å². The molecule has 0 unspecified atom stereocenters. The van der Waals surface area contributed by atoms with Crippen LogP contribution in [0, 0.1) is 5.82 Å². The Morgan fingerprint density at radius 2 is 2.00 bits per heavy atom. The molecule has 0 bridgehead atoms. The lowest BCUT2D eigenvalue weighted by molar-refractivity contribution is 0.0925. The summed E-state index contributed by atoms with van der Waals surface area (Å²) in [5.74, 6) is -1.89. The Morgan fingerprint density at radius 1 is 1.24 bits per heavy atom. The number of carbonyl (C=O) groups is 2. The number of benzene rings is 1. The zero-order valence-corrected chi connectivity index (χ0v) is 14.0. The Morgan fingerprint density at radius 3 is 2.72 bits per heavy atom. The molecule has 0 atom stereocenters. The minimum absolute atomic E-state index is 0.0123. The van der Waals surface area contributed by atoms with Crippen molar-refractivity contribution in [3.8, 4) is 0 Å². The van der Waals surface area contributed by atoms with Crippen molar-refractivity contribution in [1.29, 1.82) is 0 Å². The largest absolute Gasteiger partial charge is 0.348 e. The predicted molar refractivity (Wildman–Crippen MR) is 91.3 cm³/mol. The number of nitrogens with one attached hydrogen (secondary N) is 4. The molecule has 0 spiro atoms. The molecular formula is C16H17ClFN5O2. The number of aromatic amines is 1. The van der Waals surface area contributed by atoms with Gasteiger partial charge in [0, 0.05) is 12.2 Å². The molecule has 9 heteroatoms. The van der Waals surface area contributed by atoms with Gasteiger partial charge in [-0.2, -0.15) is 5.10 Å². The van der Waals surface area contributed by atoms with Crippen molar-refractivity contribution < 1.29 is 14.0 Å². The SMILES string of the molecule is O=C(NC1CCNCC1)c1n[nH]cc1NC(=O)c1c(F)cccc1Cl. The molecular weight excluding hydrogens is 349 g/mol. The van der Waals surface area contributed by atoms with Crippen molar-refractivity contribution in [3.63, 3.8) is 0 Å². The summed E-state index contributed by atoms with van der Waals surface area (Å²) in [5.41, 5.74) is -0.0785. The van der Waals surface area contributed by atoms with Crippen molar-refractivity contribution in [1.82, 2.24) is 20.8 Å². The summed E-state index contributed by atoms with van der Waals surface area (Å²) in [6, 6.07) is 4.01. The van der Waals surface area contributed by atoms with Gasteiger partial charge in [0.15, 0.2) is 5.69 Å². The van der Waals surface area contributed by atoms with Crippen LogP contribution in [-0.2, 0) is 0 Å². The molecule has 7 nitrogen and oxygen atoms in total. The van der Waals surface area contributed by atoms with Crippen LogP contribution < -0.4 is 16.0 Å². The predicted octanol–water partition coefficient (Wildman–Crippen LogP) is 1.94. The summed E-state index contributed by atoms with van der Waals surface area (Å²) in [5, 5.41) is 15.0. The van der Waals surface area contributed by atoms with E-state index in [0.29, 0.717) is 0 Å². The molecule has 0 saturated carbocycles. The molecule has 1 fully saturated rings. The number of halogens is 2. The topological polar surface area (TPSA) is 98.9 Å². The first-order chi connectivity index (χ1) is 12.1. The summed E-state index contributed by atoms with van der Waals surface area (Å²) in [4.78, 5) is 24.7. The van der Waals surface area contributed by atoms with Gasteiger partial charge in [0.2, 0.25) is 0 Å². The highest BCUT2D eigenvalue weighted by atomic mass is 35.5. The van der Waals surface area contributed by atoms with E-state index in [9.17, 15) is 14.0 Å². The molecule has 1 aromatic carbocycles. The van der Waals surface area contributed by atoms with E-state index in [2.05, 4.69) is 26.1 Å². The van der Waals surface area contributed by atoms with Crippen LogP contribution in [0.2, 0.25) is 5.02 Å². The van der Waals surface area contributed by atoms with E-state index in [1.807, 2.05) is 0 Å². The van der Waals surface area contributed by atoms with Crippen molar-refractivity contribution in [2.45, 2.75) is 18.9 Å². The minimum atomic E-state index is -0.750. The highest BCUT2D eigenvalue weighted by Gasteiger charge is 2.23. The van der Waals surface area contributed by atoms with E-state index >= 15 is 0 Å². The molecule has 3 rings (SSSR count). The molecule has 1 aliphatic heterocycles. The van der Waals surface area contributed by atoms with Gasteiger partial charge in [-0.1, -0.05) is 17.7 Å². The van der Waals surface area contributed by atoms with E-state index < -0.39 is 17.6 Å². The maximum absolute atomic E-state index is 13.8. The molecule has 0 radical (unpaired) electrons. The maximum Gasteiger partial charge on any atom is 0.274 e. The standard InChI is InChI=1S/C16H17ClFN5O2/c17-10-2-1-3-11(18)13(10)15(24)22-12-8-20-23-14(12)16(25)21-9-4-6-19-7-5-9/h1-3,8-9,19H,4-7H2,(H,20,23)(H,21,25)(H,22,24). The zero-order chi connectivity index (χ0) is 17.8. The van der Waals surface area contributed by atoms with Crippen LogP contribution in [-0.4, -0.2) is 41.1 Å². The molecule has 4 N–H and O–H groups in total. The first-order valence-electron chi connectivity index (χ1n) is 7.87. The fourth-order valence-electron chi connectivity index (χ4n) is 2.68. The van der Waals surface area contributed by atoms with E-state index in [0.717, 1.165) is 32.0 Å². The molecule has 2 aromatic rings. The lowest BCUT2D eigenvalue weighted by Crippen LogP contribution is -2.43. The van der Waals surface area contributed by atoms with Crippen LogP contribution in [0.4, 0.5) is 10.1 Å². The number of amides is 2. The van der Waals surface area contributed by atoms with Crippen molar-refractivity contribution in [2.24, 2.45) is 0 Å². The van der Waals surface area contributed by atoms with Gasteiger partial charge in [0.25, 0.3) is 11.8 Å². The first-order valence-corrected chi connectivity index (χ1v) is 8.25. The highest BCUT2D eigenvalue weighted by Crippen LogP contribution is 2.21. The number of hydrogen-bond acceptors (Lipinski definition) is 4. The van der Waals surface area contributed by atoms with Crippen LogP contribution >= 0.6 is 11.6 Å². The number of carbonyl (C=O) groups excluding carboxylic acids is 2. The van der Waals surface area contributed by atoms with Crippen molar-refractivity contribution >= 4 is 29.1 Å². The van der Waals surface area contributed by atoms with Gasteiger partial charge in [-0.15, -0.1) is 0 Å². The third-order valence-electron chi connectivity index (χ3n) is 3.97. The molecule has 0 aliphatic carbocycles. The summed E-state index contributed by atoms with van der Waals surface area (Å²) >= 11 is 5.89. The molecule has 132 valence electrons. The van der Waals surface area contributed by atoms with Crippen LogP contribution in [0.3, 0.4) is 0 Å². The summed E-state index contributed by atoms with van der Waals surface area (Å²) in [6.07, 6.45) is 3.01. The molecule has 2 amide bonds. The van der Waals surface area contributed by atoms with E-state index in [1.54, 1.807) is 0 Å². The normalized spacial score (nSPS) is 15.0. The van der Waals surface area contributed by atoms with Gasteiger partial charge in [-0.05, 0) is 38.1 Å². The fourth-order valence-corrected chi connectivity index (χ4v) is 2.93. The summed E-state index contributed by atoms with van der Waals surface area (Å²) in [6.45, 7) is 1.67. The summed E-state index contributed by atoms with van der Waals surface area (Å²) in [7, 11) is 0. The minimum Gasteiger partial charge on any atom is -0.348 e. The molecule has 1 saturated heterocycles. The second-order valence-corrected chi connectivity index (χ2v) is 6.10. The van der Waals surface area contributed by atoms with Crippen molar-refractivity contribution in [3.05, 3.63) is 46.5 Å². The first kappa shape index (κ1) is 17.4. The van der Waals surface area contributed by atoms with Crippen molar-refractivity contribution in [2.75, 3.05) is 18.4 Å². The third-order valence-corrected chi connectivity index (χ3v) is 4.28. The van der Waals surface area contributed by atoms with Gasteiger partial charge in [-0.3, -0.25) is 14.7 Å². The Hall–Kier alpha value is -2.45. The molecule has 1 aliphatic rings. The van der Waals surface area contributed by atoms with Gasteiger partial charge in [0.05, 0.1) is 16.3 Å². The fraction of sp³-hybridized carbons (Fsp3) is 0.312. The maximum atomic E-state index is 13.8. The van der Waals surface area contributed by atoms with Gasteiger partial charge in [0.1, 0.15) is 5.82 Å². The van der Waals surface area contributed by atoms with E-state index in [4.69, 9.17) is 11.6 Å². The zero-order valence-electron chi connectivity index (χ0n) is 13.2. The average molecular weight is 366 g/mol. The average Bonchev–Trinajstić information content (AvgIpc) is 3.04. The molecule has 1 aromatic heterocycles. The van der Waals surface area contributed by atoms with Crippen LogP contribution in [0.1, 0.15) is 33.7 Å². The second-order valence-electron chi connectivity index (χ2n) is 5.70. The van der Waals surface area contributed by atoms with Crippen LogP contribution in [0.5, 0.6) is 0 Å². The van der Waals surface area contributed by atoms with Gasteiger partial charge in [-0.25, -0.2) is 4.39 Å².